The molecule has 70 valence electrons. The third-order valence-electron chi connectivity index (χ3n) is 1.41. The van der Waals surface area contributed by atoms with Crippen molar-refractivity contribution in [3.05, 3.63) is 23.1 Å². The molecule has 0 unspecified atom stereocenters. The van der Waals surface area contributed by atoms with Gasteiger partial charge in [0.05, 0.1) is 5.69 Å². The van der Waals surface area contributed by atoms with Crippen molar-refractivity contribution in [2.24, 2.45) is 10.3 Å². The fourth-order valence-corrected chi connectivity index (χ4v) is 1.51. The highest BCUT2D eigenvalue weighted by Gasteiger charge is 2.12. The van der Waals surface area contributed by atoms with E-state index >= 15 is 0 Å². The molecule has 0 atom stereocenters. The van der Waals surface area contributed by atoms with Crippen LogP contribution in [0.1, 0.15) is 0 Å². The van der Waals surface area contributed by atoms with Crippen LogP contribution in [0.2, 0.25) is 0 Å². The summed E-state index contributed by atoms with van der Waals surface area (Å²) in [7, 11) is -3.89. The Labute approximate surface area is 74.6 Å². The van der Waals surface area contributed by atoms with E-state index in [1.807, 2.05) is 0 Å². The minimum atomic E-state index is -3.89. The molecule has 1 aromatic rings. The summed E-state index contributed by atoms with van der Waals surface area (Å²) in [6.45, 7) is 0. The van der Waals surface area contributed by atoms with Gasteiger partial charge in [0.2, 0.25) is 10.0 Å². The van der Waals surface area contributed by atoms with Gasteiger partial charge in [-0.25, -0.2) is 13.6 Å². The van der Waals surface area contributed by atoms with Crippen molar-refractivity contribution in [1.82, 2.24) is 0 Å². The molecule has 0 aliphatic rings. The van der Waals surface area contributed by atoms with Crippen molar-refractivity contribution in [3.8, 4) is 0 Å². The average molecular weight is 201 g/mol. The van der Waals surface area contributed by atoms with Crippen molar-refractivity contribution >= 4 is 21.4 Å². The molecule has 6 nitrogen and oxygen atoms in total. The van der Waals surface area contributed by atoms with Crippen LogP contribution in [0.5, 0.6) is 0 Å². The van der Waals surface area contributed by atoms with Crippen LogP contribution in [0.3, 0.4) is 0 Å². The Morgan fingerprint density at radius 1 is 1.31 bits per heavy atom. The fourth-order valence-electron chi connectivity index (χ4n) is 0.826. The van der Waals surface area contributed by atoms with Gasteiger partial charge in [-0.15, -0.1) is 4.91 Å². The first kappa shape index (κ1) is 9.62. The summed E-state index contributed by atoms with van der Waals surface area (Å²) >= 11 is 0. The zero-order chi connectivity index (χ0) is 10.1. The summed E-state index contributed by atoms with van der Waals surface area (Å²) in [6.07, 6.45) is 0. The van der Waals surface area contributed by atoms with Crippen LogP contribution in [0.15, 0.2) is 28.3 Å². The molecule has 0 aromatic heterocycles. The first-order chi connectivity index (χ1) is 5.95. The number of anilines is 1. The Balaban J connectivity index is 3.44. The molecule has 0 fully saturated rings. The van der Waals surface area contributed by atoms with Crippen molar-refractivity contribution in [2.45, 2.75) is 4.90 Å². The molecule has 0 saturated carbocycles. The normalized spacial score (nSPS) is 11.2. The number of sulfonamides is 1. The molecule has 0 amide bonds. The number of nitrogens with two attached hydrogens (primary N) is 2. The number of nitrogen functional groups attached to an aromatic ring is 1. The van der Waals surface area contributed by atoms with E-state index in [2.05, 4.69) is 5.18 Å². The third kappa shape index (κ3) is 2.01. The lowest BCUT2D eigenvalue weighted by Crippen LogP contribution is -2.14. The fraction of sp³-hybridized carbons (Fsp3) is 0. The maximum absolute atomic E-state index is 10.9. The van der Waals surface area contributed by atoms with Gasteiger partial charge in [0, 0.05) is 0 Å². The number of hydrogen-bond donors (Lipinski definition) is 2. The summed E-state index contributed by atoms with van der Waals surface area (Å²) in [5, 5.41) is 7.39. The number of benzene rings is 1. The van der Waals surface area contributed by atoms with Gasteiger partial charge in [-0.3, -0.25) is 0 Å². The molecule has 0 aliphatic carbocycles. The number of primary sulfonamides is 1. The second kappa shape index (κ2) is 3.11. The zero-order valence-corrected chi connectivity index (χ0v) is 7.28. The topological polar surface area (TPSA) is 116 Å². The number of nitroso groups, excluding NO2 is 1. The van der Waals surface area contributed by atoms with Crippen LogP contribution in [0, 0.1) is 4.91 Å². The molecule has 13 heavy (non-hydrogen) atoms. The SMILES string of the molecule is Nc1ccc(N=O)cc1S(N)(=O)=O. The highest BCUT2D eigenvalue weighted by atomic mass is 32.2. The first-order valence-electron chi connectivity index (χ1n) is 3.21. The van der Waals surface area contributed by atoms with Gasteiger partial charge >= 0.3 is 0 Å². The predicted octanol–water partition coefficient (Wildman–Crippen LogP) is 0.314. The van der Waals surface area contributed by atoms with Crippen LogP contribution < -0.4 is 10.9 Å². The molecule has 4 N–H and O–H groups in total. The smallest absolute Gasteiger partial charge is 0.240 e. The van der Waals surface area contributed by atoms with Gasteiger partial charge in [-0.2, -0.15) is 0 Å². The summed E-state index contributed by atoms with van der Waals surface area (Å²) < 4.78 is 21.8. The molecular weight excluding hydrogens is 194 g/mol. The van der Waals surface area contributed by atoms with E-state index in [0.717, 1.165) is 6.07 Å². The Bertz CT molecular complexity index is 440. The second-order valence-electron chi connectivity index (χ2n) is 2.36. The standard InChI is InChI=1S/C6H7N3O3S/c7-5-2-1-4(9-10)3-6(5)13(8,11)12/h1-3H,7H2,(H2,8,11,12). The van der Waals surface area contributed by atoms with Crippen molar-refractivity contribution in [2.75, 3.05) is 5.73 Å². The largest absolute Gasteiger partial charge is 0.398 e. The minimum Gasteiger partial charge on any atom is -0.398 e. The quantitative estimate of drug-likeness (QED) is 0.529. The molecule has 0 spiro atoms. The third-order valence-corrected chi connectivity index (χ3v) is 2.38. The second-order valence-corrected chi connectivity index (χ2v) is 3.89. The van der Waals surface area contributed by atoms with Crippen LogP contribution in [0.4, 0.5) is 11.4 Å². The number of rotatable bonds is 2. The monoisotopic (exact) mass is 201 g/mol. The summed E-state index contributed by atoms with van der Waals surface area (Å²) in [5.41, 5.74) is 5.29. The first-order valence-corrected chi connectivity index (χ1v) is 4.75. The van der Waals surface area contributed by atoms with Crippen molar-refractivity contribution in [3.63, 3.8) is 0 Å². The van der Waals surface area contributed by atoms with Gasteiger partial charge in [0.15, 0.2) is 0 Å². The van der Waals surface area contributed by atoms with E-state index < -0.39 is 10.0 Å². The highest BCUT2D eigenvalue weighted by molar-refractivity contribution is 7.89. The van der Waals surface area contributed by atoms with Gasteiger partial charge in [-0.05, 0) is 23.4 Å². The van der Waals surface area contributed by atoms with Gasteiger partial charge < -0.3 is 5.73 Å². The molecule has 0 saturated heterocycles. The highest BCUT2D eigenvalue weighted by Crippen LogP contribution is 2.22. The minimum absolute atomic E-state index is 0.00472. The molecule has 1 aromatic carbocycles. The van der Waals surface area contributed by atoms with E-state index in [1.54, 1.807) is 0 Å². The Morgan fingerprint density at radius 2 is 1.92 bits per heavy atom. The van der Waals surface area contributed by atoms with Crippen LogP contribution in [-0.4, -0.2) is 8.42 Å². The van der Waals surface area contributed by atoms with E-state index in [0.29, 0.717) is 0 Å². The predicted molar refractivity (Wildman–Crippen MR) is 47.7 cm³/mol. The van der Waals surface area contributed by atoms with Crippen molar-refractivity contribution in [1.29, 1.82) is 0 Å². The Hall–Kier alpha value is -1.47. The molecule has 7 heteroatoms. The molecule has 0 heterocycles. The molecule has 0 bridgehead atoms. The van der Waals surface area contributed by atoms with E-state index in [4.69, 9.17) is 10.9 Å². The lowest BCUT2D eigenvalue weighted by Gasteiger charge is -2.01. The van der Waals surface area contributed by atoms with Gasteiger partial charge in [0.1, 0.15) is 10.6 Å². The van der Waals surface area contributed by atoms with Crippen LogP contribution >= 0.6 is 0 Å². The maximum atomic E-state index is 10.9. The zero-order valence-electron chi connectivity index (χ0n) is 6.47. The number of hydrogen-bond acceptors (Lipinski definition) is 5. The lowest BCUT2D eigenvalue weighted by atomic mass is 10.3. The average Bonchev–Trinajstić information content (AvgIpc) is 2.03. The van der Waals surface area contributed by atoms with Gasteiger partial charge in [0.25, 0.3) is 0 Å². The number of nitrogens with zero attached hydrogens (tertiary/aromatic N) is 1. The lowest BCUT2D eigenvalue weighted by molar-refractivity contribution is 0.598. The van der Waals surface area contributed by atoms with E-state index in [-0.39, 0.29) is 16.3 Å². The van der Waals surface area contributed by atoms with Crippen LogP contribution in [0.25, 0.3) is 0 Å². The summed E-state index contributed by atoms with van der Waals surface area (Å²) in [4.78, 5) is 9.78. The molecule has 0 radical (unpaired) electrons. The van der Waals surface area contributed by atoms with Crippen molar-refractivity contribution < 1.29 is 8.42 Å². The van der Waals surface area contributed by atoms with E-state index in [1.165, 1.54) is 12.1 Å². The summed E-state index contributed by atoms with van der Waals surface area (Å²) in [5.74, 6) is 0. The Morgan fingerprint density at radius 3 is 2.38 bits per heavy atom. The maximum Gasteiger partial charge on any atom is 0.240 e. The molecule has 0 aliphatic heterocycles. The summed E-state index contributed by atoms with van der Waals surface area (Å²) in [6, 6.07) is 3.59. The molecular formula is C6H7N3O3S. The molecule has 1 rings (SSSR count). The van der Waals surface area contributed by atoms with E-state index in [9.17, 15) is 13.3 Å². The van der Waals surface area contributed by atoms with Crippen LogP contribution in [-0.2, 0) is 10.0 Å². The van der Waals surface area contributed by atoms with Gasteiger partial charge in [-0.1, -0.05) is 0 Å². The Kier molecular flexibility index (Phi) is 2.30.